The lowest BCUT2D eigenvalue weighted by Crippen LogP contribution is -2.11. The summed E-state index contributed by atoms with van der Waals surface area (Å²) in [5.74, 6) is 0.605. The fourth-order valence-electron chi connectivity index (χ4n) is 1.51. The second kappa shape index (κ2) is 7.35. The highest BCUT2D eigenvalue weighted by Crippen LogP contribution is 2.22. The minimum absolute atomic E-state index is 0.0272. The minimum Gasteiger partial charge on any atom is -0.497 e. The molecule has 108 valence electrons. The fraction of sp³-hybridized carbons (Fsp3) is 0.538. The molecule has 0 amide bonds. The number of ether oxygens (including phenoxy) is 2. The zero-order valence-electron chi connectivity index (χ0n) is 10.6. The first-order chi connectivity index (χ1) is 8.92. The van der Waals surface area contributed by atoms with E-state index in [9.17, 15) is 18.3 Å². The molecule has 0 aliphatic heterocycles. The van der Waals surface area contributed by atoms with Gasteiger partial charge in [0.1, 0.15) is 11.9 Å². The molecule has 0 saturated heterocycles. The van der Waals surface area contributed by atoms with Crippen LogP contribution in [0.4, 0.5) is 13.2 Å². The molecular formula is C13H17F3O3. The summed E-state index contributed by atoms with van der Waals surface area (Å²) in [5.41, 5.74) is 0.607. The lowest BCUT2D eigenvalue weighted by molar-refractivity contribution is -0.138. The van der Waals surface area contributed by atoms with Crippen molar-refractivity contribution < 1.29 is 27.8 Å². The van der Waals surface area contributed by atoms with Crippen molar-refractivity contribution in [2.24, 2.45) is 0 Å². The van der Waals surface area contributed by atoms with E-state index in [0.29, 0.717) is 11.3 Å². The SMILES string of the molecule is COc1cccc(C(O)COCCCC(F)(F)F)c1. The number of aliphatic hydroxyl groups excluding tert-OH is 1. The topological polar surface area (TPSA) is 38.7 Å². The normalized spacial score (nSPS) is 13.3. The maximum atomic E-state index is 11.9. The molecule has 0 fully saturated rings. The average molecular weight is 278 g/mol. The third-order valence-corrected chi connectivity index (χ3v) is 2.50. The van der Waals surface area contributed by atoms with Crippen molar-refractivity contribution in [2.45, 2.75) is 25.1 Å². The van der Waals surface area contributed by atoms with Crippen LogP contribution in [0.1, 0.15) is 24.5 Å². The van der Waals surface area contributed by atoms with E-state index >= 15 is 0 Å². The number of aliphatic hydroxyl groups is 1. The van der Waals surface area contributed by atoms with E-state index in [-0.39, 0.29) is 19.6 Å². The maximum absolute atomic E-state index is 11.9. The maximum Gasteiger partial charge on any atom is 0.389 e. The fourth-order valence-corrected chi connectivity index (χ4v) is 1.51. The molecule has 0 radical (unpaired) electrons. The molecule has 0 spiro atoms. The molecular weight excluding hydrogens is 261 g/mol. The molecule has 0 bridgehead atoms. The smallest absolute Gasteiger partial charge is 0.389 e. The van der Waals surface area contributed by atoms with Crippen LogP contribution >= 0.6 is 0 Å². The van der Waals surface area contributed by atoms with Crippen molar-refractivity contribution in [3.8, 4) is 5.75 Å². The van der Waals surface area contributed by atoms with Crippen LogP contribution in [0.25, 0.3) is 0 Å². The summed E-state index contributed by atoms with van der Waals surface area (Å²) in [6.07, 6.45) is -6.01. The van der Waals surface area contributed by atoms with Gasteiger partial charge < -0.3 is 14.6 Å². The van der Waals surface area contributed by atoms with Gasteiger partial charge in [0.05, 0.1) is 13.7 Å². The summed E-state index contributed by atoms with van der Waals surface area (Å²) in [5, 5.41) is 9.80. The highest BCUT2D eigenvalue weighted by atomic mass is 19.4. The minimum atomic E-state index is -4.16. The van der Waals surface area contributed by atoms with Crippen molar-refractivity contribution in [3.63, 3.8) is 0 Å². The molecule has 1 aromatic rings. The molecule has 1 N–H and O–H groups in total. The van der Waals surface area contributed by atoms with Crippen molar-refractivity contribution in [3.05, 3.63) is 29.8 Å². The summed E-state index contributed by atoms with van der Waals surface area (Å²) < 4.78 is 45.6. The lowest BCUT2D eigenvalue weighted by Gasteiger charge is -2.13. The largest absolute Gasteiger partial charge is 0.497 e. The first kappa shape index (κ1) is 15.8. The Morgan fingerprint density at radius 3 is 2.68 bits per heavy atom. The average Bonchev–Trinajstić information content (AvgIpc) is 2.37. The second-order valence-corrected chi connectivity index (χ2v) is 4.09. The Morgan fingerprint density at radius 1 is 1.32 bits per heavy atom. The highest BCUT2D eigenvalue weighted by molar-refractivity contribution is 5.29. The summed E-state index contributed by atoms with van der Waals surface area (Å²) in [4.78, 5) is 0. The predicted molar refractivity (Wildman–Crippen MR) is 64.1 cm³/mol. The molecule has 0 heterocycles. The third-order valence-electron chi connectivity index (χ3n) is 2.50. The van der Waals surface area contributed by atoms with Gasteiger partial charge >= 0.3 is 6.18 Å². The van der Waals surface area contributed by atoms with E-state index in [2.05, 4.69) is 0 Å². The van der Waals surface area contributed by atoms with Gasteiger partial charge in [-0.05, 0) is 24.1 Å². The Bertz CT molecular complexity index is 380. The molecule has 3 nitrogen and oxygen atoms in total. The molecule has 0 aliphatic carbocycles. The molecule has 6 heteroatoms. The lowest BCUT2D eigenvalue weighted by atomic mass is 10.1. The number of halogens is 3. The second-order valence-electron chi connectivity index (χ2n) is 4.09. The summed E-state index contributed by atoms with van der Waals surface area (Å²) in [7, 11) is 1.51. The van der Waals surface area contributed by atoms with E-state index < -0.39 is 18.7 Å². The van der Waals surface area contributed by atoms with Crippen LogP contribution in [-0.4, -0.2) is 31.6 Å². The first-order valence-corrected chi connectivity index (χ1v) is 5.89. The van der Waals surface area contributed by atoms with Crippen molar-refractivity contribution in [2.75, 3.05) is 20.3 Å². The highest BCUT2D eigenvalue weighted by Gasteiger charge is 2.25. The van der Waals surface area contributed by atoms with E-state index in [4.69, 9.17) is 9.47 Å². The Labute approximate surface area is 110 Å². The Kier molecular flexibility index (Phi) is 6.11. The van der Waals surface area contributed by atoms with E-state index in [1.54, 1.807) is 24.3 Å². The number of alkyl halides is 3. The Morgan fingerprint density at radius 2 is 2.05 bits per heavy atom. The van der Waals surface area contributed by atoms with Crippen LogP contribution in [0.5, 0.6) is 5.75 Å². The summed E-state index contributed by atoms with van der Waals surface area (Å²) in [6, 6.07) is 6.82. The van der Waals surface area contributed by atoms with Crippen molar-refractivity contribution >= 4 is 0 Å². The number of methoxy groups -OCH3 is 1. The standard InChI is InChI=1S/C13H17F3O3/c1-18-11-5-2-4-10(8-11)12(17)9-19-7-3-6-13(14,15)16/h2,4-5,8,12,17H,3,6-7,9H2,1H3. The summed E-state index contributed by atoms with van der Waals surface area (Å²) in [6.45, 7) is -0.0639. The zero-order valence-corrected chi connectivity index (χ0v) is 10.6. The molecule has 0 aliphatic rings. The van der Waals surface area contributed by atoms with Gasteiger partial charge in [0.15, 0.2) is 0 Å². The van der Waals surface area contributed by atoms with Crippen LogP contribution in [0, 0.1) is 0 Å². The van der Waals surface area contributed by atoms with Crippen LogP contribution in [-0.2, 0) is 4.74 Å². The molecule has 0 aromatic heterocycles. The first-order valence-electron chi connectivity index (χ1n) is 5.89. The van der Waals surface area contributed by atoms with E-state index in [0.717, 1.165) is 0 Å². The van der Waals surface area contributed by atoms with Gasteiger partial charge in [0.25, 0.3) is 0 Å². The van der Waals surface area contributed by atoms with Gasteiger partial charge in [-0.1, -0.05) is 12.1 Å². The molecule has 1 aromatic carbocycles. The van der Waals surface area contributed by atoms with Crippen LogP contribution < -0.4 is 4.74 Å². The third kappa shape index (κ3) is 6.45. The van der Waals surface area contributed by atoms with Gasteiger partial charge in [-0.25, -0.2) is 0 Å². The quantitative estimate of drug-likeness (QED) is 0.779. The zero-order chi connectivity index (χ0) is 14.3. The van der Waals surface area contributed by atoms with Crippen LogP contribution in [0.15, 0.2) is 24.3 Å². The number of hydrogen-bond acceptors (Lipinski definition) is 3. The van der Waals surface area contributed by atoms with E-state index in [1.165, 1.54) is 7.11 Å². The van der Waals surface area contributed by atoms with Gasteiger partial charge in [-0.2, -0.15) is 13.2 Å². The number of benzene rings is 1. The van der Waals surface area contributed by atoms with Crippen LogP contribution in [0.2, 0.25) is 0 Å². The molecule has 1 unspecified atom stereocenters. The summed E-state index contributed by atoms with van der Waals surface area (Å²) >= 11 is 0. The van der Waals surface area contributed by atoms with Crippen molar-refractivity contribution in [1.82, 2.24) is 0 Å². The van der Waals surface area contributed by atoms with Gasteiger partial charge in [0, 0.05) is 13.0 Å². The van der Waals surface area contributed by atoms with E-state index in [1.807, 2.05) is 0 Å². The van der Waals surface area contributed by atoms with Crippen LogP contribution in [0.3, 0.4) is 0 Å². The van der Waals surface area contributed by atoms with Gasteiger partial charge in [0.2, 0.25) is 0 Å². The van der Waals surface area contributed by atoms with Gasteiger partial charge in [-0.15, -0.1) is 0 Å². The number of rotatable bonds is 7. The molecule has 1 atom stereocenters. The number of hydrogen-bond donors (Lipinski definition) is 1. The molecule has 19 heavy (non-hydrogen) atoms. The monoisotopic (exact) mass is 278 g/mol. The predicted octanol–water partition coefficient (Wildman–Crippen LogP) is 3.09. The Hall–Kier alpha value is -1.27. The molecule has 0 saturated carbocycles. The Balaban J connectivity index is 2.29. The van der Waals surface area contributed by atoms with Crippen molar-refractivity contribution in [1.29, 1.82) is 0 Å². The van der Waals surface area contributed by atoms with Gasteiger partial charge in [-0.3, -0.25) is 0 Å². The molecule has 1 rings (SSSR count).